The minimum absolute atomic E-state index is 0.0214. The van der Waals surface area contributed by atoms with Crippen molar-refractivity contribution in [3.05, 3.63) is 65.9 Å². The number of H-pyrrole nitrogens is 1. The van der Waals surface area contributed by atoms with E-state index in [-0.39, 0.29) is 23.6 Å². The lowest BCUT2D eigenvalue weighted by Gasteiger charge is -2.10. The number of benzene rings is 2. The number of anilines is 4. The van der Waals surface area contributed by atoms with Crippen LogP contribution < -0.4 is 15.4 Å². The van der Waals surface area contributed by atoms with E-state index in [1.165, 1.54) is 0 Å². The van der Waals surface area contributed by atoms with Gasteiger partial charge >= 0.3 is 0 Å². The van der Waals surface area contributed by atoms with Crippen LogP contribution in [0.5, 0.6) is 0 Å². The van der Waals surface area contributed by atoms with Gasteiger partial charge < -0.3 is 15.6 Å². The van der Waals surface area contributed by atoms with Crippen LogP contribution >= 0.6 is 0 Å². The Labute approximate surface area is 189 Å². The van der Waals surface area contributed by atoms with Gasteiger partial charge in [0.1, 0.15) is 5.82 Å². The van der Waals surface area contributed by atoms with Crippen molar-refractivity contribution in [3.8, 4) is 0 Å². The SMILES string of the molecule is Cc1nc2ccc(Nc3ncc(F)c(Nc4ccc(CNS(=O)(=O)C5CC5)cc4)n3)cc2[nH]1. The summed E-state index contributed by atoms with van der Waals surface area (Å²) in [5, 5.41) is 5.75. The molecule has 0 spiro atoms. The molecule has 5 rings (SSSR count). The highest BCUT2D eigenvalue weighted by Gasteiger charge is 2.35. The van der Waals surface area contributed by atoms with Crippen LogP contribution in [0, 0.1) is 12.7 Å². The van der Waals surface area contributed by atoms with Gasteiger partial charge in [0, 0.05) is 17.9 Å². The summed E-state index contributed by atoms with van der Waals surface area (Å²) in [5.74, 6) is 0.480. The lowest BCUT2D eigenvalue weighted by atomic mass is 10.2. The number of nitrogens with one attached hydrogen (secondary N) is 4. The van der Waals surface area contributed by atoms with Gasteiger partial charge in [-0.15, -0.1) is 0 Å². The normalized spacial score (nSPS) is 13.9. The second-order valence-corrected chi connectivity index (χ2v) is 10.0. The molecule has 2 heterocycles. The molecule has 4 aromatic rings. The van der Waals surface area contributed by atoms with Crippen molar-refractivity contribution in [1.29, 1.82) is 0 Å². The number of aromatic nitrogens is 4. The maximum atomic E-state index is 14.3. The number of fused-ring (bicyclic) bond motifs is 1. The molecule has 9 nitrogen and oxygen atoms in total. The van der Waals surface area contributed by atoms with E-state index >= 15 is 0 Å². The van der Waals surface area contributed by atoms with Crippen LogP contribution in [0.25, 0.3) is 11.0 Å². The monoisotopic (exact) mass is 467 g/mol. The van der Waals surface area contributed by atoms with Crippen LogP contribution in [-0.4, -0.2) is 33.6 Å². The number of hydrogen-bond acceptors (Lipinski definition) is 7. The minimum atomic E-state index is -3.24. The van der Waals surface area contributed by atoms with Crippen molar-refractivity contribution in [3.63, 3.8) is 0 Å². The van der Waals surface area contributed by atoms with Gasteiger partial charge in [-0.2, -0.15) is 4.98 Å². The molecule has 4 N–H and O–H groups in total. The summed E-state index contributed by atoms with van der Waals surface area (Å²) in [6, 6.07) is 12.6. The maximum absolute atomic E-state index is 14.3. The zero-order valence-electron chi connectivity index (χ0n) is 17.8. The van der Waals surface area contributed by atoms with E-state index in [4.69, 9.17) is 0 Å². The van der Waals surface area contributed by atoms with E-state index in [0.29, 0.717) is 5.69 Å². The Balaban J connectivity index is 1.26. The number of halogens is 1. The summed E-state index contributed by atoms with van der Waals surface area (Å²) in [7, 11) is -3.24. The molecule has 0 radical (unpaired) electrons. The van der Waals surface area contributed by atoms with Gasteiger partial charge in [0.05, 0.1) is 22.5 Å². The first-order chi connectivity index (χ1) is 15.9. The summed E-state index contributed by atoms with van der Waals surface area (Å²) in [5.41, 5.74) is 3.88. The molecule has 0 amide bonds. The molecule has 170 valence electrons. The fraction of sp³-hybridized carbons (Fsp3) is 0.227. The van der Waals surface area contributed by atoms with E-state index in [1.807, 2.05) is 25.1 Å². The first kappa shape index (κ1) is 21.3. The van der Waals surface area contributed by atoms with Gasteiger partial charge in [-0.3, -0.25) is 0 Å². The van der Waals surface area contributed by atoms with Crippen molar-refractivity contribution in [1.82, 2.24) is 24.7 Å². The van der Waals surface area contributed by atoms with Crippen LogP contribution in [0.4, 0.5) is 27.5 Å². The summed E-state index contributed by atoms with van der Waals surface area (Å²) < 4.78 is 40.8. The molecule has 0 saturated heterocycles. The topological polar surface area (TPSA) is 125 Å². The van der Waals surface area contributed by atoms with Crippen molar-refractivity contribution in [2.24, 2.45) is 0 Å². The van der Waals surface area contributed by atoms with E-state index in [2.05, 4.69) is 35.3 Å². The second kappa shape index (κ2) is 8.41. The van der Waals surface area contributed by atoms with Crippen LogP contribution in [0.15, 0.2) is 48.7 Å². The number of nitrogens with zero attached hydrogens (tertiary/aromatic N) is 3. The van der Waals surface area contributed by atoms with Crippen LogP contribution in [-0.2, 0) is 16.6 Å². The zero-order chi connectivity index (χ0) is 23.0. The molecule has 1 fully saturated rings. The molecule has 1 aliphatic carbocycles. The molecule has 33 heavy (non-hydrogen) atoms. The highest BCUT2D eigenvalue weighted by Crippen LogP contribution is 2.28. The molecule has 2 aromatic carbocycles. The van der Waals surface area contributed by atoms with E-state index in [1.54, 1.807) is 24.3 Å². The highest BCUT2D eigenvalue weighted by molar-refractivity contribution is 7.90. The Morgan fingerprint density at radius 3 is 2.58 bits per heavy atom. The molecule has 1 saturated carbocycles. The predicted octanol–water partition coefficient (Wildman–Crippen LogP) is 3.87. The van der Waals surface area contributed by atoms with Gasteiger partial charge in [0.25, 0.3) is 0 Å². The summed E-state index contributed by atoms with van der Waals surface area (Å²) in [4.78, 5) is 15.8. The average molecular weight is 468 g/mol. The Bertz CT molecular complexity index is 1420. The highest BCUT2D eigenvalue weighted by atomic mass is 32.2. The third-order valence-electron chi connectivity index (χ3n) is 5.26. The predicted molar refractivity (Wildman–Crippen MR) is 125 cm³/mol. The Kier molecular flexibility index (Phi) is 5.43. The van der Waals surface area contributed by atoms with Crippen LogP contribution in [0.1, 0.15) is 24.2 Å². The van der Waals surface area contributed by atoms with Crippen LogP contribution in [0.3, 0.4) is 0 Å². The number of sulfonamides is 1. The summed E-state index contributed by atoms with van der Waals surface area (Å²) in [6.07, 6.45) is 2.53. The molecule has 2 aromatic heterocycles. The van der Waals surface area contributed by atoms with Gasteiger partial charge in [-0.1, -0.05) is 12.1 Å². The molecule has 0 aliphatic heterocycles. The van der Waals surface area contributed by atoms with Gasteiger partial charge in [0.15, 0.2) is 11.6 Å². The Hall–Kier alpha value is -3.57. The minimum Gasteiger partial charge on any atom is -0.342 e. The quantitative estimate of drug-likeness (QED) is 0.310. The fourth-order valence-corrected chi connectivity index (χ4v) is 4.74. The second-order valence-electron chi connectivity index (χ2n) is 7.96. The lowest BCUT2D eigenvalue weighted by molar-refractivity contribution is 0.580. The first-order valence-corrected chi connectivity index (χ1v) is 12.0. The molecule has 0 unspecified atom stereocenters. The number of hydrogen-bond donors (Lipinski definition) is 4. The zero-order valence-corrected chi connectivity index (χ0v) is 18.6. The standard InChI is InChI=1S/C22H22FN7O2S/c1-13-26-19-9-6-16(10-20(19)27-13)29-22-24-12-18(23)21(30-22)28-15-4-2-14(3-5-15)11-25-33(31,32)17-7-8-17/h2-6,9-10,12,17,25H,7-8,11H2,1H3,(H,26,27)(H2,24,28,29,30). The van der Waals surface area contributed by atoms with Crippen LogP contribution in [0.2, 0.25) is 0 Å². The molecule has 1 aliphatic rings. The first-order valence-electron chi connectivity index (χ1n) is 10.5. The van der Waals surface area contributed by atoms with Gasteiger partial charge in [-0.25, -0.2) is 27.5 Å². The molecule has 0 bridgehead atoms. The summed E-state index contributed by atoms with van der Waals surface area (Å²) in [6.45, 7) is 2.10. The van der Waals surface area contributed by atoms with Gasteiger partial charge in [-0.05, 0) is 55.7 Å². The molecular formula is C22H22FN7O2S. The number of aryl methyl sites for hydroxylation is 1. The third-order valence-corrected chi connectivity index (χ3v) is 7.15. The molecule has 0 atom stereocenters. The Morgan fingerprint density at radius 2 is 1.82 bits per heavy atom. The number of aromatic amines is 1. The van der Waals surface area contributed by atoms with E-state index < -0.39 is 15.8 Å². The number of rotatable bonds is 8. The van der Waals surface area contributed by atoms with Crippen molar-refractivity contribution in [2.45, 2.75) is 31.6 Å². The lowest BCUT2D eigenvalue weighted by Crippen LogP contribution is -2.26. The smallest absolute Gasteiger partial charge is 0.229 e. The molecular weight excluding hydrogens is 445 g/mol. The van der Waals surface area contributed by atoms with Gasteiger partial charge in [0.2, 0.25) is 16.0 Å². The summed E-state index contributed by atoms with van der Waals surface area (Å²) >= 11 is 0. The third kappa shape index (κ3) is 4.94. The average Bonchev–Trinajstić information content (AvgIpc) is 3.58. The largest absolute Gasteiger partial charge is 0.342 e. The van der Waals surface area contributed by atoms with Crippen molar-refractivity contribution < 1.29 is 12.8 Å². The van der Waals surface area contributed by atoms with E-state index in [0.717, 1.165) is 47.1 Å². The van der Waals surface area contributed by atoms with Crippen molar-refractivity contribution in [2.75, 3.05) is 10.6 Å². The Morgan fingerprint density at radius 1 is 1.06 bits per heavy atom. The van der Waals surface area contributed by atoms with E-state index in [9.17, 15) is 12.8 Å². The molecule has 11 heteroatoms. The number of imidazole rings is 1. The maximum Gasteiger partial charge on any atom is 0.229 e. The van der Waals surface area contributed by atoms with Crippen molar-refractivity contribution >= 4 is 44.2 Å². The fourth-order valence-electron chi connectivity index (χ4n) is 3.38.